The van der Waals surface area contributed by atoms with Crippen LogP contribution in [0.15, 0.2) is 40.9 Å². The number of piperidine rings is 1. The lowest BCUT2D eigenvalue weighted by Gasteiger charge is -2.31. The molecule has 1 saturated heterocycles. The fourth-order valence-corrected chi connectivity index (χ4v) is 4.11. The number of aliphatic hydroxyl groups excluding tert-OH is 1. The Morgan fingerprint density at radius 1 is 1.26 bits per heavy atom. The van der Waals surface area contributed by atoms with Crippen LogP contribution in [0.1, 0.15) is 53.6 Å². The van der Waals surface area contributed by atoms with Crippen LogP contribution in [0, 0.1) is 5.82 Å². The Hall–Kier alpha value is -2.64. The zero-order valence-electron chi connectivity index (χ0n) is 20.5. The first-order chi connectivity index (χ1) is 16.2. The minimum Gasteiger partial charge on any atom is -0.493 e. The molecule has 7 heteroatoms. The van der Waals surface area contributed by atoms with Gasteiger partial charge in [0.1, 0.15) is 5.82 Å². The molecule has 0 unspecified atom stereocenters. The summed E-state index contributed by atoms with van der Waals surface area (Å²) in [6.45, 7) is 4.68. The maximum Gasteiger partial charge on any atom is 0.170 e. The van der Waals surface area contributed by atoms with Crippen LogP contribution in [0.5, 0.6) is 11.5 Å². The Bertz CT molecular complexity index is 1110. The highest BCUT2D eigenvalue weighted by Gasteiger charge is 2.25. The normalized spacial score (nSPS) is 18.4. The molecule has 0 amide bonds. The molecular weight excluding hydrogens is 399 g/mol. The highest BCUT2D eigenvalue weighted by molar-refractivity contribution is 5.79. The second-order valence-electron chi connectivity index (χ2n) is 8.01. The van der Waals surface area contributed by atoms with Crippen molar-refractivity contribution >= 4 is 11.0 Å². The molecule has 0 bridgehead atoms. The van der Waals surface area contributed by atoms with Crippen LogP contribution in [0.4, 0.5) is 4.39 Å². The first kappa shape index (κ1) is 18.0. The van der Waals surface area contributed by atoms with Crippen LogP contribution in [-0.2, 0) is 0 Å². The Morgan fingerprint density at radius 3 is 2.87 bits per heavy atom. The first-order valence-electron chi connectivity index (χ1n) is 12.1. The molecule has 0 radical (unpaired) electrons. The van der Waals surface area contributed by atoms with Gasteiger partial charge in [-0.2, -0.15) is 0 Å². The third-order valence-electron chi connectivity index (χ3n) is 5.87. The van der Waals surface area contributed by atoms with E-state index in [0.29, 0.717) is 23.5 Å². The fraction of sp³-hybridized carbons (Fsp3) is 0.458. The molecular formula is C24H29FN2O4. The topological polar surface area (TPSA) is 68.0 Å². The van der Waals surface area contributed by atoms with Crippen molar-refractivity contribution in [3.63, 3.8) is 0 Å². The third-order valence-corrected chi connectivity index (χ3v) is 5.87. The molecule has 2 heterocycles. The van der Waals surface area contributed by atoms with E-state index in [1.165, 1.54) is 18.2 Å². The largest absolute Gasteiger partial charge is 0.493 e. The number of hydrogen-bond acceptors (Lipinski definition) is 6. The van der Waals surface area contributed by atoms with E-state index in [1.807, 2.05) is 0 Å². The summed E-state index contributed by atoms with van der Waals surface area (Å²) in [4.78, 5) is 2.36. The molecule has 1 aliphatic heterocycles. The van der Waals surface area contributed by atoms with Crippen LogP contribution in [0.25, 0.3) is 11.0 Å². The van der Waals surface area contributed by atoms with Gasteiger partial charge in [-0.25, -0.2) is 4.39 Å². The second-order valence-corrected chi connectivity index (χ2v) is 8.01. The minimum absolute atomic E-state index is 0.0962. The lowest BCUT2D eigenvalue weighted by Crippen LogP contribution is -2.34. The average Bonchev–Trinajstić information content (AvgIpc) is 3.19. The maximum absolute atomic E-state index is 13.4. The highest BCUT2D eigenvalue weighted by atomic mass is 19.1. The molecule has 0 spiro atoms. The summed E-state index contributed by atoms with van der Waals surface area (Å²) in [6, 6.07) is 9.36. The Labute approximate surface area is 185 Å². The zero-order chi connectivity index (χ0) is 24.3. The van der Waals surface area contributed by atoms with Gasteiger partial charge < -0.3 is 24.0 Å². The van der Waals surface area contributed by atoms with E-state index in [4.69, 9.17) is 18.1 Å². The number of ether oxygens (including phenoxy) is 2. The van der Waals surface area contributed by atoms with Crippen molar-refractivity contribution in [1.29, 1.82) is 0 Å². The van der Waals surface area contributed by atoms with Crippen molar-refractivity contribution in [2.45, 2.75) is 38.2 Å². The van der Waals surface area contributed by atoms with Gasteiger partial charge in [-0.05, 0) is 69.1 Å². The molecule has 1 atom stereocenters. The van der Waals surface area contributed by atoms with E-state index >= 15 is 0 Å². The van der Waals surface area contributed by atoms with Crippen LogP contribution < -0.4 is 9.47 Å². The van der Waals surface area contributed by atoms with Crippen molar-refractivity contribution < 1.29 is 27.6 Å². The van der Waals surface area contributed by atoms with E-state index in [1.54, 1.807) is 25.1 Å². The summed E-state index contributed by atoms with van der Waals surface area (Å²) in [5, 5.41) is 14.8. The number of likely N-dealkylation sites (tertiary alicyclic amines) is 1. The number of aromatic nitrogens is 1. The van der Waals surface area contributed by atoms with Gasteiger partial charge in [0.2, 0.25) is 0 Å². The van der Waals surface area contributed by atoms with Crippen molar-refractivity contribution in [3.05, 3.63) is 53.5 Å². The third kappa shape index (κ3) is 4.99. The van der Waals surface area contributed by atoms with E-state index in [2.05, 4.69) is 10.1 Å². The van der Waals surface area contributed by atoms with Crippen LogP contribution in [-0.4, -0.2) is 48.4 Å². The van der Waals surface area contributed by atoms with Crippen molar-refractivity contribution in [3.8, 4) is 11.5 Å². The summed E-state index contributed by atoms with van der Waals surface area (Å²) < 4.78 is 51.7. The zero-order valence-corrected chi connectivity index (χ0v) is 17.5. The number of hydrogen-bond donors (Lipinski definition) is 1. The quantitative estimate of drug-likeness (QED) is 0.523. The van der Waals surface area contributed by atoms with Gasteiger partial charge in [0, 0.05) is 23.9 Å². The monoisotopic (exact) mass is 431 g/mol. The number of fused-ring (bicyclic) bond motifs is 1. The molecule has 4 rings (SSSR count). The van der Waals surface area contributed by atoms with E-state index in [-0.39, 0.29) is 17.5 Å². The minimum atomic E-state index is -2.61. The van der Waals surface area contributed by atoms with Gasteiger partial charge in [0.15, 0.2) is 17.1 Å². The SMILES string of the molecule is [2H]C([2H])([2H])Oc1cc([C@H](C)O)ccc1OCCCN1CCC(c2noc3cc(F)ccc23)CC1. The summed E-state index contributed by atoms with van der Waals surface area (Å²) >= 11 is 0. The molecule has 1 fully saturated rings. The van der Waals surface area contributed by atoms with E-state index in [0.717, 1.165) is 50.0 Å². The Kier molecular flexibility index (Phi) is 5.60. The van der Waals surface area contributed by atoms with Gasteiger partial charge in [0.05, 0.1) is 29.6 Å². The Morgan fingerprint density at radius 2 is 2.10 bits per heavy atom. The molecule has 1 aliphatic rings. The molecule has 2 aromatic carbocycles. The summed E-state index contributed by atoms with van der Waals surface area (Å²) in [6.07, 6.45) is 1.91. The van der Waals surface area contributed by atoms with Crippen LogP contribution in [0.2, 0.25) is 0 Å². The van der Waals surface area contributed by atoms with Gasteiger partial charge >= 0.3 is 0 Å². The van der Waals surface area contributed by atoms with E-state index in [9.17, 15) is 9.50 Å². The van der Waals surface area contributed by atoms with Crippen molar-refractivity contribution in [1.82, 2.24) is 10.1 Å². The smallest absolute Gasteiger partial charge is 0.170 e. The lowest BCUT2D eigenvalue weighted by molar-refractivity contribution is 0.188. The van der Waals surface area contributed by atoms with Gasteiger partial charge in [-0.1, -0.05) is 11.2 Å². The number of halogens is 1. The summed E-state index contributed by atoms with van der Waals surface area (Å²) in [7, 11) is -2.61. The number of benzene rings is 2. The van der Waals surface area contributed by atoms with Crippen LogP contribution >= 0.6 is 0 Å². The van der Waals surface area contributed by atoms with Gasteiger partial charge in [0.25, 0.3) is 0 Å². The van der Waals surface area contributed by atoms with E-state index < -0.39 is 13.1 Å². The molecule has 1 N–H and O–H groups in total. The summed E-state index contributed by atoms with van der Waals surface area (Å²) in [5.41, 5.74) is 1.94. The number of nitrogens with zero attached hydrogens (tertiary/aromatic N) is 2. The number of aliphatic hydroxyl groups is 1. The lowest BCUT2D eigenvalue weighted by atomic mass is 9.91. The van der Waals surface area contributed by atoms with Gasteiger partial charge in [-0.3, -0.25) is 0 Å². The van der Waals surface area contributed by atoms with Crippen LogP contribution in [0.3, 0.4) is 0 Å². The Balaban J connectivity index is 1.26. The molecule has 31 heavy (non-hydrogen) atoms. The molecule has 166 valence electrons. The second kappa shape index (κ2) is 9.66. The maximum atomic E-state index is 13.4. The highest BCUT2D eigenvalue weighted by Crippen LogP contribution is 2.33. The molecule has 0 aliphatic carbocycles. The standard InChI is InChI=1S/C24H29FN2O4/c1-16(28)18-4-7-21(23(14-18)29-2)30-13-3-10-27-11-8-17(9-12-27)24-20-6-5-19(25)15-22(20)31-26-24/h4-7,14-17,28H,3,8-13H2,1-2H3/t16-/m0/s1/i2D3. The fourth-order valence-electron chi connectivity index (χ4n) is 4.11. The van der Waals surface area contributed by atoms with Gasteiger partial charge in [-0.15, -0.1) is 0 Å². The number of rotatable bonds is 8. The summed E-state index contributed by atoms with van der Waals surface area (Å²) in [5.74, 6) is 0.391. The number of methoxy groups -OCH3 is 1. The molecule has 6 nitrogen and oxygen atoms in total. The predicted molar refractivity (Wildman–Crippen MR) is 116 cm³/mol. The van der Waals surface area contributed by atoms with Crippen molar-refractivity contribution in [2.24, 2.45) is 0 Å². The average molecular weight is 432 g/mol. The molecule has 1 aromatic heterocycles. The molecule has 3 aromatic rings. The predicted octanol–water partition coefficient (Wildman–Crippen LogP) is 4.68. The van der Waals surface area contributed by atoms with Crippen molar-refractivity contribution in [2.75, 3.05) is 33.3 Å². The first-order valence-corrected chi connectivity index (χ1v) is 10.6. The molecule has 0 saturated carbocycles.